The van der Waals surface area contributed by atoms with Gasteiger partial charge in [0.25, 0.3) is 0 Å². The summed E-state index contributed by atoms with van der Waals surface area (Å²) in [5.41, 5.74) is 0.667. The van der Waals surface area contributed by atoms with Crippen LogP contribution in [-0.2, 0) is 26.2 Å². The van der Waals surface area contributed by atoms with Crippen LogP contribution in [0.1, 0.15) is 25.5 Å². The Balaban J connectivity index is 1.61. The molecule has 0 radical (unpaired) electrons. The summed E-state index contributed by atoms with van der Waals surface area (Å²) >= 11 is 0. The Morgan fingerprint density at radius 3 is 2.59 bits per heavy atom. The number of sulfonamides is 1. The van der Waals surface area contributed by atoms with Crippen LogP contribution in [0.5, 0.6) is 0 Å². The van der Waals surface area contributed by atoms with E-state index in [1.54, 1.807) is 29.2 Å². The summed E-state index contributed by atoms with van der Waals surface area (Å²) in [6.45, 7) is 2.28. The first kappa shape index (κ1) is 19.1. The minimum atomic E-state index is -3.87. The molecule has 2 N–H and O–H groups in total. The summed E-state index contributed by atoms with van der Waals surface area (Å²) in [6.07, 6.45) is 2.80. The average Bonchev–Trinajstić information content (AvgIpc) is 3.31. The molecule has 1 aromatic heterocycles. The van der Waals surface area contributed by atoms with Crippen molar-refractivity contribution in [2.45, 2.75) is 37.2 Å². The number of furan rings is 1. The highest BCUT2D eigenvalue weighted by Crippen LogP contribution is 2.23. The number of rotatable bonds is 7. The molecular formula is C18H21N3O5S. The smallest absolute Gasteiger partial charge is 0.241 e. The maximum absolute atomic E-state index is 12.5. The van der Waals surface area contributed by atoms with Gasteiger partial charge in [-0.2, -0.15) is 4.72 Å². The largest absolute Gasteiger partial charge is 0.467 e. The van der Waals surface area contributed by atoms with E-state index in [0.717, 1.165) is 6.42 Å². The first-order chi connectivity index (χ1) is 12.9. The highest BCUT2D eigenvalue weighted by atomic mass is 32.2. The molecule has 1 aromatic carbocycles. The van der Waals surface area contributed by atoms with Crippen molar-refractivity contribution in [2.24, 2.45) is 0 Å². The third-order valence-electron chi connectivity index (χ3n) is 4.27. The molecule has 1 aliphatic rings. The molecule has 3 rings (SSSR count). The molecule has 0 spiro atoms. The molecule has 0 unspecified atom stereocenters. The third-order valence-corrected chi connectivity index (χ3v) is 5.83. The molecule has 144 valence electrons. The summed E-state index contributed by atoms with van der Waals surface area (Å²) in [5, 5.41) is 2.61. The van der Waals surface area contributed by atoms with E-state index in [0.29, 0.717) is 24.4 Å². The summed E-state index contributed by atoms with van der Waals surface area (Å²) in [4.78, 5) is 25.5. The van der Waals surface area contributed by atoms with Crippen molar-refractivity contribution in [3.63, 3.8) is 0 Å². The van der Waals surface area contributed by atoms with Crippen LogP contribution in [0.15, 0.2) is 52.0 Å². The molecule has 0 saturated carbocycles. The van der Waals surface area contributed by atoms with Gasteiger partial charge < -0.3 is 14.6 Å². The van der Waals surface area contributed by atoms with Crippen LogP contribution in [0, 0.1) is 0 Å². The number of hydrogen-bond donors (Lipinski definition) is 2. The molecule has 8 nitrogen and oxygen atoms in total. The van der Waals surface area contributed by atoms with Gasteiger partial charge in [0.15, 0.2) is 0 Å². The molecule has 2 amide bonds. The van der Waals surface area contributed by atoms with Gasteiger partial charge in [0.2, 0.25) is 21.8 Å². The van der Waals surface area contributed by atoms with Crippen molar-refractivity contribution >= 4 is 27.5 Å². The molecule has 0 bridgehead atoms. The summed E-state index contributed by atoms with van der Waals surface area (Å²) < 4.78 is 32.4. The summed E-state index contributed by atoms with van der Waals surface area (Å²) in [7, 11) is -3.87. The molecule has 1 saturated heterocycles. The fourth-order valence-corrected chi connectivity index (χ4v) is 4.02. The zero-order valence-corrected chi connectivity index (χ0v) is 15.7. The average molecular weight is 391 g/mol. The Kier molecular flexibility index (Phi) is 5.62. The van der Waals surface area contributed by atoms with Crippen molar-refractivity contribution in [1.82, 2.24) is 10.0 Å². The van der Waals surface area contributed by atoms with E-state index in [4.69, 9.17) is 4.42 Å². The molecule has 1 atom stereocenters. The molecule has 1 aliphatic heterocycles. The van der Waals surface area contributed by atoms with Crippen LogP contribution in [0.25, 0.3) is 0 Å². The fourth-order valence-electron chi connectivity index (χ4n) is 2.82. The highest BCUT2D eigenvalue weighted by Gasteiger charge is 2.24. The van der Waals surface area contributed by atoms with Crippen molar-refractivity contribution in [1.29, 1.82) is 0 Å². The lowest BCUT2D eigenvalue weighted by molar-refractivity contribution is -0.122. The van der Waals surface area contributed by atoms with E-state index in [2.05, 4.69) is 10.0 Å². The Morgan fingerprint density at radius 1 is 1.26 bits per heavy atom. The first-order valence-corrected chi connectivity index (χ1v) is 10.1. The van der Waals surface area contributed by atoms with Gasteiger partial charge in [-0.25, -0.2) is 8.42 Å². The van der Waals surface area contributed by atoms with E-state index in [1.807, 2.05) is 0 Å². The van der Waals surface area contributed by atoms with E-state index in [1.165, 1.54) is 25.3 Å². The Bertz CT molecular complexity index is 907. The third kappa shape index (κ3) is 4.55. The number of benzene rings is 1. The number of nitrogens with one attached hydrogen (secondary N) is 2. The standard InChI is InChI=1S/C18H21N3O5S/c1-13(18(23)19-12-15-4-3-11-26-15)20-27(24,25)16-8-6-14(7-9-16)21-10-2-5-17(21)22/h3-4,6-9,11,13,20H,2,5,10,12H2,1H3,(H,19,23)/t13-/m1/s1. The maximum atomic E-state index is 12.5. The molecule has 2 aromatic rings. The highest BCUT2D eigenvalue weighted by molar-refractivity contribution is 7.89. The number of amides is 2. The molecule has 27 heavy (non-hydrogen) atoms. The maximum Gasteiger partial charge on any atom is 0.241 e. The van der Waals surface area contributed by atoms with Crippen LogP contribution < -0.4 is 14.9 Å². The number of carbonyl (C=O) groups is 2. The van der Waals surface area contributed by atoms with E-state index >= 15 is 0 Å². The van der Waals surface area contributed by atoms with Gasteiger partial charge in [0, 0.05) is 18.7 Å². The number of hydrogen-bond acceptors (Lipinski definition) is 5. The summed E-state index contributed by atoms with van der Waals surface area (Å²) in [5.74, 6) is 0.144. The lowest BCUT2D eigenvalue weighted by atomic mass is 10.3. The minimum Gasteiger partial charge on any atom is -0.467 e. The second kappa shape index (κ2) is 7.93. The second-order valence-corrected chi connectivity index (χ2v) is 8.00. The van der Waals surface area contributed by atoms with Crippen LogP contribution in [-0.4, -0.2) is 32.8 Å². The summed E-state index contributed by atoms with van der Waals surface area (Å²) in [6, 6.07) is 8.51. The SMILES string of the molecule is C[C@@H](NS(=O)(=O)c1ccc(N2CCCC2=O)cc1)C(=O)NCc1ccco1. The van der Waals surface area contributed by atoms with Crippen molar-refractivity contribution < 1.29 is 22.4 Å². The second-order valence-electron chi connectivity index (χ2n) is 6.28. The molecule has 0 aliphatic carbocycles. The minimum absolute atomic E-state index is 0.0311. The van der Waals surface area contributed by atoms with Gasteiger partial charge in [-0.3, -0.25) is 9.59 Å². The van der Waals surface area contributed by atoms with Crippen LogP contribution in [0.4, 0.5) is 5.69 Å². The molecule has 9 heteroatoms. The van der Waals surface area contributed by atoms with Gasteiger partial charge in [-0.15, -0.1) is 0 Å². The Morgan fingerprint density at radius 2 is 2.00 bits per heavy atom. The van der Waals surface area contributed by atoms with Crippen LogP contribution >= 0.6 is 0 Å². The van der Waals surface area contributed by atoms with E-state index in [9.17, 15) is 18.0 Å². The number of carbonyl (C=O) groups excluding carboxylic acids is 2. The lowest BCUT2D eigenvalue weighted by Crippen LogP contribution is -2.44. The van der Waals surface area contributed by atoms with Gasteiger partial charge in [0.1, 0.15) is 5.76 Å². The van der Waals surface area contributed by atoms with Gasteiger partial charge in [-0.05, 0) is 49.7 Å². The zero-order chi connectivity index (χ0) is 19.4. The van der Waals surface area contributed by atoms with E-state index < -0.39 is 22.0 Å². The first-order valence-electron chi connectivity index (χ1n) is 8.60. The zero-order valence-electron chi connectivity index (χ0n) is 14.8. The normalized spacial score (nSPS) is 15.7. The van der Waals surface area contributed by atoms with Crippen molar-refractivity contribution in [3.8, 4) is 0 Å². The monoisotopic (exact) mass is 391 g/mol. The van der Waals surface area contributed by atoms with Gasteiger partial charge in [-0.1, -0.05) is 0 Å². The van der Waals surface area contributed by atoms with Crippen molar-refractivity contribution in [2.75, 3.05) is 11.4 Å². The molecule has 1 fully saturated rings. The molecular weight excluding hydrogens is 370 g/mol. The Hall–Kier alpha value is -2.65. The molecule has 2 heterocycles. The predicted octanol–water partition coefficient (Wildman–Crippen LogP) is 1.39. The lowest BCUT2D eigenvalue weighted by Gasteiger charge is -2.17. The topological polar surface area (TPSA) is 109 Å². The van der Waals surface area contributed by atoms with Gasteiger partial charge in [0.05, 0.1) is 23.7 Å². The van der Waals surface area contributed by atoms with Crippen LogP contribution in [0.2, 0.25) is 0 Å². The van der Waals surface area contributed by atoms with E-state index in [-0.39, 0.29) is 17.3 Å². The van der Waals surface area contributed by atoms with Crippen LogP contribution in [0.3, 0.4) is 0 Å². The quantitative estimate of drug-likeness (QED) is 0.741. The Labute approximate surface area is 157 Å². The van der Waals surface area contributed by atoms with Crippen molar-refractivity contribution in [3.05, 3.63) is 48.4 Å². The predicted molar refractivity (Wildman–Crippen MR) is 98.4 cm³/mol. The number of nitrogens with zero attached hydrogens (tertiary/aromatic N) is 1. The number of anilines is 1. The fraction of sp³-hybridized carbons (Fsp3) is 0.333. The van der Waals surface area contributed by atoms with Gasteiger partial charge >= 0.3 is 0 Å².